The molecule has 0 saturated carbocycles. The Labute approximate surface area is 89.2 Å². The maximum Gasteiger partial charge on any atom is 0.432 e. The first-order valence-corrected chi connectivity index (χ1v) is 4.51. The fourth-order valence-electron chi connectivity index (χ4n) is 1.59. The second-order valence-electron chi connectivity index (χ2n) is 3.59. The Balaban J connectivity index is 2.61. The number of carbonyl (C=O) groups is 1. The average Bonchev–Trinajstić information content (AvgIpc) is 2.15. The number of carbonyl (C=O) groups excluding carboxylic acids is 1. The Morgan fingerprint density at radius 1 is 1.31 bits per heavy atom. The molecule has 1 amide bonds. The summed E-state index contributed by atoms with van der Waals surface area (Å²) in [5.41, 5.74) is -2.56. The maximum absolute atomic E-state index is 12.9. The van der Waals surface area contributed by atoms with Gasteiger partial charge in [-0.15, -0.1) is 0 Å². The van der Waals surface area contributed by atoms with Crippen LogP contribution in [0.15, 0.2) is 24.3 Å². The minimum atomic E-state index is -4.65. The smallest absolute Gasteiger partial charge is 0.428 e. The Hall–Kier alpha value is -1.72. The number of cyclic esters (lactones) is 1. The lowest BCUT2D eigenvalue weighted by Gasteiger charge is -2.36. The molecule has 1 N–H and O–H groups in total. The highest BCUT2D eigenvalue weighted by Crippen LogP contribution is 2.46. The van der Waals surface area contributed by atoms with E-state index >= 15 is 0 Å². The summed E-state index contributed by atoms with van der Waals surface area (Å²) in [5, 5.41) is 2.23. The predicted molar refractivity (Wildman–Crippen MR) is 50.0 cm³/mol. The number of fused-ring (bicyclic) bond motifs is 1. The number of nitrogens with one attached hydrogen (secondary N) is 1. The van der Waals surface area contributed by atoms with E-state index in [2.05, 4.69) is 10.1 Å². The van der Waals surface area contributed by atoms with E-state index in [0.29, 0.717) is 0 Å². The number of halogens is 3. The molecule has 16 heavy (non-hydrogen) atoms. The first-order chi connectivity index (χ1) is 7.34. The summed E-state index contributed by atoms with van der Waals surface area (Å²) in [6.45, 7) is 0.838. The molecule has 1 atom stereocenters. The summed E-state index contributed by atoms with van der Waals surface area (Å²) >= 11 is 0. The lowest BCUT2D eigenvalue weighted by molar-refractivity contribution is -0.257. The second-order valence-corrected chi connectivity index (χ2v) is 3.59. The van der Waals surface area contributed by atoms with Gasteiger partial charge in [0.05, 0.1) is 5.69 Å². The zero-order valence-electron chi connectivity index (χ0n) is 8.26. The van der Waals surface area contributed by atoms with Gasteiger partial charge < -0.3 is 4.74 Å². The molecule has 0 aromatic heterocycles. The molecule has 3 nitrogen and oxygen atoms in total. The fourth-order valence-corrected chi connectivity index (χ4v) is 1.59. The molecule has 1 aromatic carbocycles. The topological polar surface area (TPSA) is 38.3 Å². The van der Waals surface area contributed by atoms with E-state index in [9.17, 15) is 18.0 Å². The number of anilines is 1. The molecule has 2 rings (SSSR count). The quantitative estimate of drug-likeness (QED) is 0.745. The number of ether oxygens (including phenoxy) is 1. The SMILES string of the molecule is CC1(C(F)(F)F)OC(=O)Nc2ccccc21. The van der Waals surface area contributed by atoms with Crippen molar-refractivity contribution in [2.24, 2.45) is 0 Å². The average molecular weight is 231 g/mol. The molecule has 0 aliphatic carbocycles. The van der Waals surface area contributed by atoms with Crippen molar-refractivity contribution < 1.29 is 22.7 Å². The van der Waals surface area contributed by atoms with Crippen LogP contribution < -0.4 is 5.32 Å². The van der Waals surface area contributed by atoms with Crippen molar-refractivity contribution in [1.82, 2.24) is 0 Å². The molecular formula is C10H8F3NO2. The Morgan fingerprint density at radius 3 is 2.56 bits per heavy atom. The lowest BCUT2D eigenvalue weighted by Crippen LogP contribution is -2.47. The molecule has 1 unspecified atom stereocenters. The van der Waals surface area contributed by atoms with Crippen LogP contribution in [0.4, 0.5) is 23.7 Å². The van der Waals surface area contributed by atoms with Crippen molar-refractivity contribution in [3.05, 3.63) is 29.8 Å². The Morgan fingerprint density at radius 2 is 1.94 bits per heavy atom. The number of hydrogen-bond acceptors (Lipinski definition) is 2. The van der Waals surface area contributed by atoms with Gasteiger partial charge in [-0.25, -0.2) is 4.79 Å². The van der Waals surface area contributed by atoms with Crippen LogP contribution in [0.3, 0.4) is 0 Å². The molecule has 0 saturated heterocycles. The minimum Gasteiger partial charge on any atom is -0.428 e. The van der Waals surface area contributed by atoms with Gasteiger partial charge in [0.25, 0.3) is 0 Å². The monoisotopic (exact) mass is 231 g/mol. The van der Waals surface area contributed by atoms with Crippen molar-refractivity contribution in [2.75, 3.05) is 5.32 Å². The highest BCUT2D eigenvalue weighted by atomic mass is 19.4. The second kappa shape index (κ2) is 3.13. The standard InChI is InChI=1S/C10H8F3NO2/c1-9(10(11,12)13)6-4-2-3-5-7(6)14-8(15)16-9/h2-5H,1H3,(H,14,15). The third-order valence-electron chi connectivity index (χ3n) is 2.52. The van der Waals surface area contributed by atoms with Gasteiger partial charge in [-0.1, -0.05) is 18.2 Å². The number of amides is 1. The Bertz CT molecular complexity index is 444. The van der Waals surface area contributed by atoms with Gasteiger partial charge in [-0.2, -0.15) is 13.2 Å². The largest absolute Gasteiger partial charge is 0.432 e. The van der Waals surface area contributed by atoms with Gasteiger partial charge in [-0.05, 0) is 13.0 Å². The molecule has 86 valence electrons. The summed E-state index contributed by atoms with van der Waals surface area (Å²) in [7, 11) is 0. The summed E-state index contributed by atoms with van der Waals surface area (Å²) in [5.74, 6) is 0. The molecule has 6 heteroatoms. The molecule has 0 spiro atoms. The van der Waals surface area contributed by atoms with Crippen molar-refractivity contribution >= 4 is 11.8 Å². The van der Waals surface area contributed by atoms with Crippen LogP contribution in [0, 0.1) is 0 Å². The first kappa shape index (κ1) is 10.8. The number of benzene rings is 1. The molecule has 1 aliphatic heterocycles. The lowest BCUT2D eigenvalue weighted by atomic mass is 9.92. The van der Waals surface area contributed by atoms with Gasteiger partial charge in [0.1, 0.15) is 0 Å². The van der Waals surface area contributed by atoms with Crippen molar-refractivity contribution in [2.45, 2.75) is 18.7 Å². The van der Waals surface area contributed by atoms with E-state index < -0.39 is 17.9 Å². The third kappa shape index (κ3) is 1.41. The van der Waals surface area contributed by atoms with E-state index in [0.717, 1.165) is 6.92 Å². The van der Waals surface area contributed by atoms with E-state index in [-0.39, 0.29) is 11.3 Å². The van der Waals surface area contributed by atoms with Gasteiger partial charge in [-0.3, -0.25) is 5.32 Å². The van der Waals surface area contributed by atoms with Crippen LogP contribution in [0.2, 0.25) is 0 Å². The summed E-state index contributed by atoms with van der Waals surface area (Å²) in [6.07, 6.45) is -5.75. The van der Waals surface area contributed by atoms with Crippen LogP contribution in [0.25, 0.3) is 0 Å². The van der Waals surface area contributed by atoms with Crippen LogP contribution in [0.5, 0.6) is 0 Å². The first-order valence-electron chi connectivity index (χ1n) is 4.51. The van der Waals surface area contributed by atoms with Crippen molar-refractivity contribution in [3.8, 4) is 0 Å². The maximum atomic E-state index is 12.9. The minimum absolute atomic E-state index is 0.0953. The third-order valence-corrected chi connectivity index (χ3v) is 2.52. The van der Waals surface area contributed by atoms with E-state index in [4.69, 9.17) is 0 Å². The van der Waals surface area contributed by atoms with Crippen molar-refractivity contribution in [3.63, 3.8) is 0 Å². The number of rotatable bonds is 0. The molecule has 1 aliphatic rings. The highest BCUT2D eigenvalue weighted by molar-refractivity contribution is 5.88. The van der Waals surface area contributed by atoms with E-state index in [1.54, 1.807) is 6.07 Å². The molecule has 1 aromatic rings. The van der Waals surface area contributed by atoms with Gasteiger partial charge in [0, 0.05) is 5.56 Å². The molecule has 0 fully saturated rings. The van der Waals surface area contributed by atoms with Crippen LogP contribution >= 0.6 is 0 Å². The van der Waals surface area contributed by atoms with Crippen LogP contribution in [-0.2, 0) is 10.3 Å². The van der Waals surface area contributed by atoms with Gasteiger partial charge in [0.15, 0.2) is 0 Å². The van der Waals surface area contributed by atoms with Gasteiger partial charge >= 0.3 is 12.3 Å². The summed E-state index contributed by atoms with van der Waals surface area (Å²) in [6, 6.07) is 5.69. The number of alkyl halides is 3. The zero-order valence-corrected chi connectivity index (χ0v) is 8.26. The molecular weight excluding hydrogens is 223 g/mol. The van der Waals surface area contributed by atoms with Crippen molar-refractivity contribution in [1.29, 1.82) is 0 Å². The van der Waals surface area contributed by atoms with Crippen LogP contribution in [0.1, 0.15) is 12.5 Å². The number of para-hydroxylation sites is 1. The Kier molecular flexibility index (Phi) is 2.11. The normalized spacial score (nSPS) is 24.4. The van der Waals surface area contributed by atoms with E-state index in [1.165, 1.54) is 18.2 Å². The fraction of sp³-hybridized carbons (Fsp3) is 0.300. The van der Waals surface area contributed by atoms with Gasteiger partial charge in [0.2, 0.25) is 5.60 Å². The molecule has 1 heterocycles. The van der Waals surface area contributed by atoms with E-state index in [1.807, 2.05) is 0 Å². The molecule has 0 bridgehead atoms. The summed E-state index contributed by atoms with van der Waals surface area (Å²) < 4.78 is 43.0. The molecule has 0 radical (unpaired) electrons. The zero-order chi connectivity index (χ0) is 12.0. The predicted octanol–water partition coefficient (Wildman–Crippen LogP) is 3.03. The highest BCUT2D eigenvalue weighted by Gasteiger charge is 2.58. The summed E-state index contributed by atoms with van der Waals surface area (Å²) in [4.78, 5) is 11.1. The number of hydrogen-bond donors (Lipinski definition) is 1. The van der Waals surface area contributed by atoms with Crippen LogP contribution in [-0.4, -0.2) is 12.3 Å².